The van der Waals surface area contributed by atoms with Crippen LogP contribution in [0.15, 0.2) is 42.5 Å². The largest absolute Gasteiger partial charge is 0.488 e. The van der Waals surface area contributed by atoms with Crippen molar-refractivity contribution in [3.05, 3.63) is 58.9 Å². The summed E-state index contributed by atoms with van der Waals surface area (Å²) in [6.07, 6.45) is 0. The van der Waals surface area contributed by atoms with Crippen molar-refractivity contribution in [3.63, 3.8) is 0 Å². The summed E-state index contributed by atoms with van der Waals surface area (Å²) >= 11 is 5.90. The fraction of sp³-hybridized carbons (Fsp3) is 0. The van der Waals surface area contributed by atoms with Crippen LogP contribution in [0.5, 0.6) is 0 Å². The first-order valence-electron chi connectivity index (χ1n) is 5.70. The Morgan fingerprint density at radius 1 is 1.20 bits per heavy atom. The third-order valence-electron chi connectivity index (χ3n) is 2.62. The topological polar surface area (TPSA) is 69.6 Å². The number of hydrogen-bond acceptors (Lipinski definition) is 3. The number of hydrogen-bond donors (Lipinski definition) is 3. The van der Waals surface area contributed by atoms with Gasteiger partial charge in [0.15, 0.2) is 0 Å². The fourth-order valence-corrected chi connectivity index (χ4v) is 1.85. The van der Waals surface area contributed by atoms with Crippen LogP contribution >= 0.6 is 11.6 Å². The van der Waals surface area contributed by atoms with Gasteiger partial charge in [-0.2, -0.15) is 0 Å². The van der Waals surface area contributed by atoms with Crippen molar-refractivity contribution in [2.24, 2.45) is 0 Å². The van der Waals surface area contributed by atoms with E-state index in [0.29, 0.717) is 0 Å². The van der Waals surface area contributed by atoms with Crippen LogP contribution in [0.2, 0.25) is 5.02 Å². The van der Waals surface area contributed by atoms with Crippen LogP contribution in [0.25, 0.3) is 0 Å². The second kappa shape index (κ2) is 6.05. The van der Waals surface area contributed by atoms with Crippen LogP contribution in [0.1, 0.15) is 10.4 Å². The molecule has 0 spiro atoms. The van der Waals surface area contributed by atoms with Crippen molar-refractivity contribution in [1.29, 1.82) is 0 Å². The van der Waals surface area contributed by atoms with Crippen LogP contribution in [-0.2, 0) is 0 Å². The number of benzene rings is 2. The van der Waals surface area contributed by atoms with Gasteiger partial charge in [-0.05, 0) is 35.8 Å². The summed E-state index contributed by atoms with van der Waals surface area (Å²) in [7, 11) is -1.70. The van der Waals surface area contributed by atoms with E-state index in [-0.39, 0.29) is 21.7 Å². The summed E-state index contributed by atoms with van der Waals surface area (Å²) in [6.45, 7) is 0. The first kappa shape index (κ1) is 14.5. The van der Waals surface area contributed by atoms with Crippen LogP contribution in [-0.4, -0.2) is 23.1 Å². The molecule has 0 saturated heterocycles. The molecule has 2 rings (SSSR count). The quantitative estimate of drug-likeness (QED) is 0.750. The Labute approximate surface area is 120 Å². The summed E-state index contributed by atoms with van der Waals surface area (Å²) in [4.78, 5) is 12.0. The first-order valence-corrected chi connectivity index (χ1v) is 6.07. The number of nitrogens with one attached hydrogen (secondary N) is 1. The van der Waals surface area contributed by atoms with Gasteiger partial charge < -0.3 is 15.4 Å². The van der Waals surface area contributed by atoms with Gasteiger partial charge in [-0.3, -0.25) is 4.79 Å². The predicted octanol–water partition coefficient (Wildman–Crippen LogP) is 1.41. The normalized spacial score (nSPS) is 10.2. The minimum atomic E-state index is -1.70. The summed E-state index contributed by atoms with van der Waals surface area (Å²) in [5.74, 6) is -1.04. The Balaban J connectivity index is 2.27. The molecule has 3 N–H and O–H groups in total. The molecule has 2 aromatic carbocycles. The lowest BCUT2D eigenvalue weighted by Gasteiger charge is -2.08. The highest BCUT2D eigenvalue weighted by Gasteiger charge is 2.17. The summed E-state index contributed by atoms with van der Waals surface area (Å²) in [5, 5.41) is 20.8. The second-order valence-corrected chi connectivity index (χ2v) is 4.48. The summed E-state index contributed by atoms with van der Waals surface area (Å²) in [5.41, 5.74) is 0.487. The lowest BCUT2D eigenvalue weighted by Crippen LogP contribution is -2.31. The first-order chi connectivity index (χ1) is 9.47. The van der Waals surface area contributed by atoms with E-state index in [1.807, 2.05) is 0 Å². The van der Waals surface area contributed by atoms with E-state index in [0.717, 1.165) is 6.07 Å². The number of rotatable bonds is 3. The van der Waals surface area contributed by atoms with Crippen LogP contribution in [0, 0.1) is 5.82 Å². The lowest BCUT2D eigenvalue weighted by atomic mass is 9.79. The van der Waals surface area contributed by atoms with E-state index in [4.69, 9.17) is 21.6 Å². The van der Waals surface area contributed by atoms with Gasteiger partial charge in [0.2, 0.25) is 0 Å². The molecule has 0 aliphatic rings. The monoisotopic (exact) mass is 293 g/mol. The minimum absolute atomic E-state index is 0.0709. The molecule has 7 heteroatoms. The Bertz CT molecular complexity index is 651. The molecule has 0 atom stereocenters. The van der Waals surface area contributed by atoms with E-state index < -0.39 is 18.8 Å². The SMILES string of the molecule is O=C(Nc1cccc(F)c1)c1cc(B(O)O)ccc1Cl. The van der Waals surface area contributed by atoms with Gasteiger partial charge in [-0.1, -0.05) is 23.7 Å². The van der Waals surface area contributed by atoms with Crippen molar-refractivity contribution in [1.82, 2.24) is 0 Å². The van der Waals surface area contributed by atoms with Crippen molar-refractivity contribution in [3.8, 4) is 0 Å². The molecular formula is C13H10BClFNO3. The van der Waals surface area contributed by atoms with Crippen molar-refractivity contribution in [2.45, 2.75) is 0 Å². The Morgan fingerprint density at radius 3 is 2.60 bits per heavy atom. The molecule has 0 saturated carbocycles. The zero-order chi connectivity index (χ0) is 14.7. The molecule has 1 amide bonds. The number of carbonyl (C=O) groups excluding carboxylic acids is 1. The second-order valence-electron chi connectivity index (χ2n) is 4.08. The molecule has 0 unspecified atom stereocenters. The number of anilines is 1. The molecule has 0 bridgehead atoms. The third-order valence-corrected chi connectivity index (χ3v) is 2.95. The Hall–Kier alpha value is -1.89. The minimum Gasteiger partial charge on any atom is -0.423 e. The van der Waals surface area contributed by atoms with Gasteiger partial charge in [0, 0.05) is 5.69 Å². The van der Waals surface area contributed by atoms with E-state index >= 15 is 0 Å². The molecule has 0 fully saturated rings. The summed E-state index contributed by atoms with van der Waals surface area (Å²) in [6, 6.07) is 9.45. The average Bonchev–Trinajstić information content (AvgIpc) is 2.38. The molecule has 2 aromatic rings. The van der Waals surface area contributed by atoms with Gasteiger partial charge in [0.05, 0.1) is 10.6 Å². The molecule has 0 aliphatic carbocycles. The molecule has 102 valence electrons. The predicted molar refractivity (Wildman–Crippen MR) is 75.6 cm³/mol. The van der Waals surface area contributed by atoms with E-state index in [1.165, 1.54) is 36.4 Å². The van der Waals surface area contributed by atoms with Gasteiger partial charge in [-0.25, -0.2) is 4.39 Å². The van der Waals surface area contributed by atoms with Gasteiger partial charge in [0.25, 0.3) is 5.91 Å². The zero-order valence-electron chi connectivity index (χ0n) is 10.2. The van der Waals surface area contributed by atoms with Crippen molar-refractivity contribution >= 4 is 35.8 Å². The maximum absolute atomic E-state index is 13.0. The van der Waals surface area contributed by atoms with Crippen LogP contribution in [0.3, 0.4) is 0 Å². The molecule has 0 heterocycles. The highest BCUT2D eigenvalue weighted by Crippen LogP contribution is 2.17. The fourth-order valence-electron chi connectivity index (χ4n) is 1.64. The molecule has 0 aromatic heterocycles. The smallest absolute Gasteiger partial charge is 0.423 e. The van der Waals surface area contributed by atoms with E-state index in [2.05, 4.69) is 5.32 Å². The van der Waals surface area contributed by atoms with Gasteiger partial charge in [-0.15, -0.1) is 0 Å². The maximum atomic E-state index is 13.0. The van der Waals surface area contributed by atoms with Gasteiger partial charge in [0.1, 0.15) is 5.82 Å². The highest BCUT2D eigenvalue weighted by molar-refractivity contribution is 6.59. The molecule has 0 aliphatic heterocycles. The Morgan fingerprint density at radius 2 is 1.95 bits per heavy atom. The molecular weight excluding hydrogens is 283 g/mol. The molecule has 4 nitrogen and oxygen atoms in total. The standard InChI is InChI=1S/C13H10BClFNO3/c15-12-5-4-8(14(19)20)6-11(12)13(18)17-10-3-1-2-9(16)7-10/h1-7,19-20H,(H,17,18). The third kappa shape index (κ3) is 3.36. The number of carbonyl (C=O) groups is 1. The molecule has 0 radical (unpaired) electrons. The highest BCUT2D eigenvalue weighted by atomic mass is 35.5. The summed E-state index contributed by atoms with van der Waals surface area (Å²) < 4.78 is 13.0. The average molecular weight is 293 g/mol. The zero-order valence-corrected chi connectivity index (χ0v) is 10.9. The maximum Gasteiger partial charge on any atom is 0.488 e. The van der Waals surface area contributed by atoms with Crippen LogP contribution < -0.4 is 10.8 Å². The van der Waals surface area contributed by atoms with E-state index in [9.17, 15) is 9.18 Å². The number of amides is 1. The van der Waals surface area contributed by atoms with E-state index in [1.54, 1.807) is 0 Å². The molecule has 20 heavy (non-hydrogen) atoms. The van der Waals surface area contributed by atoms with Crippen molar-refractivity contribution in [2.75, 3.05) is 5.32 Å². The van der Waals surface area contributed by atoms with Gasteiger partial charge >= 0.3 is 7.12 Å². The lowest BCUT2D eigenvalue weighted by molar-refractivity contribution is 0.102. The Kier molecular flexibility index (Phi) is 4.39. The number of halogens is 2. The van der Waals surface area contributed by atoms with Crippen molar-refractivity contribution < 1.29 is 19.2 Å². The van der Waals surface area contributed by atoms with Crippen LogP contribution in [0.4, 0.5) is 10.1 Å².